The highest BCUT2D eigenvalue weighted by molar-refractivity contribution is 5.99. The first-order chi connectivity index (χ1) is 25.7. The van der Waals surface area contributed by atoms with Gasteiger partial charge in [-0.1, -0.05) is 69.9 Å². The van der Waals surface area contributed by atoms with Crippen molar-refractivity contribution in [3.63, 3.8) is 0 Å². The van der Waals surface area contributed by atoms with Crippen LogP contribution < -0.4 is 34.4 Å². The van der Waals surface area contributed by atoms with Gasteiger partial charge in [0, 0.05) is 28.5 Å². The molecule has 0 heterocycles. The third-order valence-electron chi connectivity index (χ3n) is 11.6. The molecule has 3 aromatic carbocycles. The van der Waals surface area contributed by atoms with Crippen LogP contribution in [-0.4, -0.2) is 37.4 Å². The average Bonchev–Trinajstić information content (AvgIpc) is 3.15. The maximum atomic E-state index is 13.9. The van der Waals surface area contributed by atoms with Crippen molar-refractivity contribution in [2.45, 2.75) is 127 Å². The van der Waals surface area contributed by atoms with Crippen LogP contribution >= 0.6 is 0 Å². The number of carbonyl (C=O) groups is 3. The third-order valence-corrected chi connectivity index (χ3v) is 11.6. The van der Waals surface area contributed by atoms with Crippen LogP contribution in [0.15, 0.2) is 36.4 Å². The van der Waals surface area contributed by atoms with Crippen molar-refractivity contribution < 1.29 is 14.4 Å². The summed E-state index contributed by atoms with van der Waals surface area (Å²) in [5, 5.41) is 0. The standard InChI is InChI=1S/C44H62N6O3/c45-23-13-7-1-4-10-16-30-31(17-11-5-2-8-14-24-46)40-37-32-21-19-29(43(49)52)27-36(32)38(33-22-20-28(42(48)51)26-35(33)37)41(40)34(39(30)44(50)53)18-12-6-3-9-15-25-47/h19-22,26-27,37-38H,1-18,23-25,45-47H2,(H2,48,51)(H2,49,52)(H2,50,53). The van der Waals surface area contributed by atoms with Crippen molar-refractivity contribution in [1.29, 1.82) is 0 Å². The van der Waals surface area contributed by atoms with Crippen LogP contribution in [0.5, 0.6) is 0 Å². The highest BCUT2D eigenvalue weighted by Crippen LogP contribution is 2.59. The number of hydrogen-bond donors (Lipinski definition) is 6. The molecule has 0 fully saturated rings. The van der Waals surface area contributed by atoms with E-state index in [1.54, 1.807) is 6.07 Å². The molecule has 53 heavy (non-hydrogen) atoms. The summed E-state index contributed by atoms with van der Waals surface area (Å²) in [5.41, 5.74) is 47.2. The van der Waals surface area contributed by atoms with Crippen molar-refractivity contribution in [1.82, 2.24) is 0 Å². The van der Waals surface area contributed by atoms with Crippen LogP contribution in [0.4, 0.5) is 0 Å². The minimum absolute atomic E-state index is 0.193. The zero-order valence-electron chi connectivity index (χ0n) is 31.7. The van der Waals surface area contributed by atoms with Crippen molar-refractivity contribution >= 4 is 17.7 Å². The second-order valence-corrected chi connectivity index (χ2v) is 15.2. The molecular weight excluding hydrogens is 661 g/mol. The number of rotatable bonds is 24. The van der Waals surface area contributed by atoms with E-state index in [2.05, 4.69) is 0 Å². The quantitative estimate of drug-likeness (QED) is 0.0401. The third kappa shape index (κ3) is 9.02. The zero-order chi connectivity index (χ0) is 37.9. The van der Waals surface area contributed by atoms with Crippen molar-refractivity contribution in [2.24, 2.45) is 34.4 Å². The van der Waals surface area contributed by atoms with Crippen LogP contribution in [0.2, 0.25) is 0 Å². The summed E-state index contributed by atoms with van der Waals surface area (Å²) in [5.74, 6) is -1.76. The van der Waals surface area contributed by atoms with Gasteiger partial charge in [0.1, 0.15) is 0 Å². The summed E-state index contributed by atoms with van der Waals surface area (Å²) in [4.78, 5) is 39.0. The largest absolute Gasteiger partial charge is 0.366 e. The van der Waals surface area contributed by atoms with Crippen LogP contribution in [0, 0.1) is 0 Å². The highest BCUT2D eigenvalue weighted by Gasteiger charge is 2.46. The molecule has 6 rings (SSSR count). The van der Waals surface area contributed by atoms with E-state index in [4.69, 9.17) is 34.4 Å². The molecule has 0 saturated carbocycles. The summed E-state index contributed by atoms with van der Waals surface area (Å²) in [6, 6.07) is 11.6. The molecule has 3 aromatic rings. The van der Waals surface area contributed by atoms with Crippen molar-refractivity contribution in [2.75, 3.05) is 19.6 Å². The summed E-state index contributed by atoms with van der Waals surface area (Å²) < 4.78 is 0. The predicted octanol–water partition coefficient (Wildman–Crippen LogP) is 6.33. The molecule has 2 bridgehead atoms. The molecule has 2 atom stereocenters. The Morgan fingerprint density at radius 2 is 0.774 bits per heavy atom. The molecule has 9 heteroatoms. The summed E-state index contributed by atoms with van der Waals surface area (Å²) in [7, 11) is 0. The molecule has 0 saturated heterocycles. The molecule has 3 amide bonds. The minimum atomic E-state index is -0.480. The molecule has 0 aromatic heterocycles. The molecule has 3 aliphatic carbocycles. The zero-order valence-corrected chi connectivity index (χ0v) is 31.7. The van der Waals surface area contributed by atoms with Crippen LogP contribution in [-0.2, 0) is 19.3 Å². The smallest absolute Gasteiger partial charge is 0.249 e. The first-order valence-corrected chi connectivity index (χ1v) is 20.2. The van der Waals surface area contributed by atoms with Crippen LogP contribution in [0.3, 0.4) is 0 Å². The van der Waals surface area contributed by atoms with Gasteiger partial charge < -0.3 is 34.4 Å². The molecule has 3 aliphatic rings. The fourth-order valence-electron chi connectivity index (χ4n) is 9.10. The molecule has 0 radical (unpaired) electrons. The topological polar surface area (TPSA) is 207 Å². The second-order valence-electron chi connectivity index (χ2n) is 15.2. The molecule has 2 unspecified atom stereocenters. The number of benzene rings is 3. The minimum Gasteiger partial charge on any atom is -0.366 e. The Morgan fingerprint density at radius 1 is 0.415 bits per heavy atom. The Labute approximate surface area is 316 Å². The van der Waals surface area contributed by atoms with Gasteiger partial charge in [0.25, 0.3) is 0 Å². The first-order valence-electron chi connectivity index (χ1n) is 20.2. The van der Waals surface area contributed by atoms with Crippen molar-refractivity contribution in [3.05, 3.63) is 103 Å². The first kappa shape index (κ1) is 40.1. The highest BCUT2D eigenvalue weighted by atomic mass is 16.2. The predicted molar refractivity (Wildman–Crippen MR) is 214 cm³/mol. The van der Waals surface area contributed by atoms with E-state index in [9.17, 15) is 14.4 Å². The number of hydrogen-bond acceptors (Lipinski definition) is 6. The Morgan fingerprint density at radius 3 is 1.17 bits per heavy atom. The molecule has 0 spiro atoms. The van der Waals surface area contributed by atoms with Gasteiger partial charge in [-0.05, 0) is 152 Å². The Bertz CT molecular complexity index is 1770. The van der Waals surface area contributed by atoms with Gasteiger partial charge in [-0.2, -0.15) is 0 Å². The molecule has 9 nitrogen and oxygen atoms in total. The fourth-order valence-corrected chi connectivity index (χ4v) is 9.10. The van der Waals surface area contributed by atoms with E-state index in [1.165, 1.54) is 11.1 Å². The maximum Gasteiger partial charge on any atom is 0.249 e. The van der Waals surface area contributed by atoms with Crippen molar-refractivity contribution in [3.8, 4) is 0 Å². The van der Waals surface area contributed by atoms with Gasteiger partial charge >= 0.3 is 0 Å². The van der Waals surface area contributed by atoms with Crippen LogP contribution in [0.1, 0.15) is 189 Å². The van der Waals surface area contributed by atoms with Gasteiger partial charge in [0.15, 0.2) is 0 Å². The Hall–Kier alpha value is -4.05. The normalized spacial score (nSPS) is 15.2. The lowest BCUT2D eigenvalue weighted by atomic mass is 9.57. The molecule has 12 N–H and O–H groups in total. The lowest BCUT2D eigenvalue weighted by Crippen LogP contribution is -2.33. The number of carbonyl (C=O) groups excluding carboxylic acids is 3. The Balaban J connectivity index is 1.74. The van der Waals surface area contributed by atoms with Crippen LogP contribution in [0.25, 0.3) is 0 Å². The number of primary amides is 3. The summed E-state index contributed by atoms with van der Waals surface area (Å²) in [6.45, 7) is 2.09. The van der Waals surface area contributed by atoms with Gasteiger partial charge in [0.2, 0.25) is 17.7 Å². The number of amides is 3. The van der Waals surface area contributed by atoms with Gasteiger partial charge in [-0.15, -0.1) is 0 Å². The van der Waals surface area contributed by atoms with E-state index in [0.29, 0.717) is 36.3 Å². The molecule has 0 aliphatic heterocycles. The van der Waals surface area contributed by atoms with E-state index >= 15 is 0 Å². The van der Waals surface area contributed by atoms with E-state index in [0.717, 1.165) is 155 Å². The summed E-state index contributed by atoms with van der Waals surface area (Å²) >= 11 is 0. The Kier molecular flexibility index (Phi) is 14.6. The van der Waals surface area contributed by atoms with Gasteiger partial charge in [-0.25, -0.2) is 0 Å². The van der Waals surface area contributed by atoms with Gasteiger partial charge in [0.05, 0.1) is 0 Å². The fraction of sp³-hybridized carbons (Fsp3) is 0.523. The number of unbranched alkanes of at least 4 members (excludes halogenated alkanes) is 12. The number of nitrogens with two attached hydrogens (primary N) is 6. The molecule has 286 valence electrons. The van der Waals surface area contributed by atoms with E-state index in [1.807, 2.05) is 30.3 Å². The second kappa shape index (κ2) is 19.3. The maximum absolute atomic E-state index is 13.9. The monoisotopic (exact) mass is 722 g/mol. The average molecular weight is 723 g/mol. The van der Waals surface area contributed by atoms with E-state index < -0.39 is 11.8 Å². The van der Waals surface area contributed by atoms with Gasteiger partial charge in [-0.3, -0.25) is 14.4 Å². The summed E-state index contributed by atoms with van der Waals surface area (Å²) in [6.07, 6.45) is 18.0. The van der Waals surface area contributed by atoms with E-state index in [-0.39, 0.29) is 17.7 Å². The lowest BCUT2D eigenvalue weighted by molar-refractivity contribution is 0.0990. The molecular formula is C44H62N6O3. The lowest BCUT2D eigenvalue weighted by Gasteiger charge is -2.46. The SMILES string of the molecule is NCCCCCCCc1c(CCCCCCCN)c2c(c(CCCCCCCN)c1C(N)=O)C1c3ccc(C(N)=O)cc3C2c2ccc(C(N)=O)cc21.